The molecule has 29 heavy (non-hydrogen) atoms. The van der Waals surface area contributed by atoms with E-state index in [0.29, 0.717) is 12.4 Å². The molecule has 0 aromatic heterocycles. The zero-order chi connectivity index (χ0) is 20.3. The minimum absolute atomic E-state index is 0.000103. The molecule has 0 fully saturated rings. The third kappa shape index (κ3) is 7.34. The van der Waals surface area contributed by atoms with Crippen molar-refractivity contribution in [1.82, 2.24) is 5.32 Å². The Hall–Kier alpha value is -3.27. The van der Waals surface area contributed by atoms with Gasteiger partial charge in [0.2, 0.25) is 0 Å². The third-order valence-corrected chi connectivity index (χ3v) is 4.56. The molecule has 1 N–H and O–H groups in total. The molecule has 0 aliphatic heterocycles. The first kappa shape index (κ1) is 20.5. The zero-order valence-corrected chi connectivity index (χ0v) is 16.7. The van der Waals surface area contributed by atoms with Crippen molar-refractivity contribution in [3.05, 3.63) is 96.1 Å². The van der Waals surface area contributed by atoms with Crippen LogP contribution in [0.25, 0.3) is 0 Å². The van der Waals surface area contributed by atoms with Crippen molar-refractivity contribution in [3.63, 3.8) is 0 Å². The molecule has 3 aromatic rings. The van der Waals surface area contributed by atoms with Gasteiger partial charge in [-0.25, -0.2) is 0 Å². The van der Waals surface area contributed by atoms with Gasteiger partial charge in [-0.15, -0.1) is 0 Å². The molecule has 1 unspecified atom stereocenters. The van der Waals surface area contributed by atoms with Gasteiger partial charge in [-0.05, 0) is 55.2 Å². The first-order valence-electron chi connectivity index (χ1n) is 9.92. The minimum Gasteiger partial charge on any atom is -0.489 e. The molecule has 0 heterocycles. The van der Waals surface area contributed by atoms with Gasteiger partial charge >= 0.3 is 0 Å². The summed E-state index contributed by atoms with van der Waals surface area (Å²) < 4.78 is 11.3. The van der Waals surface area contributed by atoms with E-state index in [9.17, 15) is 4.79 Å². The highest BCUT2D eigenvalue weighted by Crippen LogP contribution is 2.18. The molecule has 4 heteroatoms. The lowest BCUT2D eigenvalue weighted by molar-refractivity contribution is -0.123. The quantitative estimate of drug-likeness (QED) is 0.543. The summed E-state index contributed by atoms with van der Waals surface area (Å²) >= 11 is 0. The van der Waals surface area contributed by atoms with Crippen LogP contribution in [-0.4, -0.2) is 18.6 Å². The SMILES string of the molecule is CC(CCc1ccccc1)NC(=O)COc1ccc(OCc2ccccc2)cc1. The van der Waals surface area contributed by atoms with E-state index in [1.54, 1.807) is 0 Å². The van der Waals surface area contributed by atoms with Crippen LogP contribution in [0.4, 0.5) is 0 Å². The van der Waals surface area contributed by atoms with E-state index in [0.717, 1.165) is 24.2 Å². The van der Waals surface area contributed by atoms with Gasteiger partial charge in [0, 0.05) is 6.04 Å². The summed E-state index contributed by atoms with van der Waals surface area (Å²) in [6, 6.07) is 27.7. The highest BCUT2D eigenvalue weighted by molar-refractivity contribution is 5.77. The molecule has 3 rings (SSSR count). The van der Waals surface area contributed by atoms with E-state index in [1.807, 2.05) is 79.7 Å². The molecule has 0 bridgehead atoms. The van der Waals surface area contributed by atoms with Crippen LogP contribution in [0.1, 0.15) is 24.5 Å². The highest BCUT2D eigenvalue weighted by atomic mass is 16.5. The molecule has 1 atom stereocenters. The van der Waals surface area contributed by atoms with E-state index in [1.165, 1.54) is 5.56 Å². The maximum atomic E-state index is 12.1. The van der Waals surface area contributed by atoms with Gasteiger partial charge in [-0.3, -0.25) is 4.79 Å². The predicted octanol–water partition coefficient (Wildman–Crippen LogP) is 4.78. The van der Waals surface area contributed by atoms with E-state index in [2.05, 4.69) is 17.4 Å². The fourth-order valence-electron chi connectivity index (χ4n) is 2.94. The Kier molecular flexibility index (Phi) is 7.70. The average Bonchev–Trinajstić information content (AvgIpc) is 2.77. The fourth-order valence-corrected chi connectivity index (χ4v) is 2.94. The molecule has 0 aliphatic rings. The second-order valence-electron chi connectivity index (χ2n) is 7.03. The standard InChI is InChI=1S/C25H27NO3/c1-20(12-13-21-8-4-2-5-9-21)26-25(27)19-29-24-16-14-23(15-17-24)28-18-22-10-6-3-7-11-22/h2-11,14-17,20H,12-13,18-19H2,1H3,(H,26,27). The Morgan fingerprint density at radius 1 is 0.793 bits per heavy atom. The second kappa shape index (κ2) is 10.9. The minimum atomic E-state index is -0.116. The second-order valence-corrected chi connectivity index (χ2v) is 7.03. The topological polar surface area (TPSA) is 47.6 Å². The summed E-state index contributed by atoms with van der Waals surface area (Å²) in [5.41, 5.74) is 2.39. The maximum absolute atomic E-state index is 12.1. The van der Waals surface area contributed by atoms with Gasteiger partial charge in [0.05, 0.1) is 0 Å². The van der Waals surface area contributed by atoms with Gasteiger partial charge in [0.1, 0.15) is 18.1 Å². The van der Waals surface area contributed by atoms with E-state index >= 15 is 0 Å². The van der Waals surface area contributed by atoms with Crippen molar-refractivity contribution >= 4 is 5.91 Å². The lowest BCUT2D eigenvalue weighted by Crippen LogP contribution is -2.36. The van der Waals surface area contributed by atoms with Crippen LogP contribution in [0, 0.1) is 0 Å². The number of benzene rings is 3. The van der Waals surface area contributed by atoms with Crippen molar-refractivity contribution in [2.24, 2.45) is 0 Å². The molecule has 3 aromatic carbocycles. The lowest BCUT2D eigenvalue weighted by Gasteiger charge is -2.14. The molecule has 150 valence electrons. The third-order valence-electron chi connectivity index (χ3n) is 4.56. The number of carbonyl (C=O) groups is 1. The first-order chi connectivity index (χ1) is 14.2. The number of aryl methyl sites for hydroxylation is 1. The number of hydrogen-bond acceptors (Lipinski definition) is 3. The van der Waals surface area contributed by atoms with Crippen LogP contribution in [0.15, 0.2) is 84.9 Å². The van der Waals surface area contributed by atoms with Crippen LogP contribution >= 0.6 is 0 Å². The van der Waals surface area contributed by atoms with Crippen LogP contribution in [0.2, 0.25) is 0 Å². The van der Waals surface area contributed by atoms with Crippen molar-refractivity contribution in [2.75, 3.05) is 6.61 Å². The van der Waals surface area contributed by atoms with Crippen LogP contribution < -0.4 is 14.8 Å². The summed E-state index contributed by atoms with van der Waals surface area (Å²) in [6.07, 6.45) is 1.83. The normalized spacial score (nSPS) is 11.5. The summed E-state index contributed by atoms with van der Waals surface area (Å²) in [4.78, 5) is 12.1. The molecule has 0 aliphatic carbocycles. The smallest absolute Gasteiger partial charge is 0.258 e. The van der Waals surface area contributed by atoms with Crippen LogP contribution in [0.5, 0.6) is 11.5 Å². The van der Waals surface area contributed by atoms with Crippen molar-refractivity contribution in [1.29, 1.82) is 0 Å². The average molecular weight is 389 g/mol. The van der Waals surface area contributed by atoms with Crippen LogP contribution in [0.3, 0.4) is 0 Å². The summed E-state index contributed by atoms with van der Waals surface area (Å²) in [5.74, 6) is 1.29. The van der Waals surface area contributed by atoms with E-state index in [4.69, 9.17) is 9.47 Å². The monoisotopic (exact) mass is 389 g/mol. The van der Waals surface area contributed by atoms with E-state index < -0.39 is 0 Å². The molecular weight excluding hydrogens is 362 g/mol. The number of hydrogen-bond donors (Lipinski definition) is 1. The number of ether oxygens (including phenoxy) is 2. The molecular formula is C25H27NO3. The molecule has 0 radical (unpaired) electrons. The zero-order valence-electron chi connectivity index (χ0n) is 16.7. The van der Waals surface area contributed by atoms with Gasteiger partial charge in [0.15, 0.2) is 6.61 Å². The Bertz CT molecular complexity index is 864. The predicted molar refractivity (Wildman–Crippen MR) is 115 cm³/mol. The molecule has 1 amide bonds. The van der Waals surface area contributed by atoms with Crippen molar-refractivity contribution in [2.45, 2.75) is 32.4 Å². The summed E-state index contributed by atoms with van der Waals surface area (Å²) in [7, 11) is 0. The first-order valence-corrected chi connectivity index (χ1v) is 9.92. The summed E-state index contributed by atoms with van der Waals surface area (Å²) in [6.45, 7) is 2.53. The summed E-state index contributed by atoms with van der Waals surface area (Å²) in [5, 5.41) is 2.98. The Morgan fingerprint density at radius 3 is 1.97 bits per heavy atom. The Labute approximate surface area is 172 Å². The van der Waals surface area contributed by atoms with Crippen molar-refractivity contribution in [3.8, 4) is 11.5 Å². The fraction of sp³-hybridized carbons (Fsp3) is 0.240. The molecule has 0 saturated heterocycles. The van der Waals surface area contributed by atoms with Gasteiger partial charge in [0.25, 0.3) is 5.91 Å². The number of amides is 1. The highest BCUT2D eigenvalue weighted by Gasteiger charge is 2.08. The van der Waals surface area contributed by atoms with Crippen molar-refractivity contribution < 1.29 is 14.3 Å². The Morgan fingerprint density at radius 2 is 1.34 bits per heavy atom. The maximum Gasteiger partial charge on any atom is 0.258 e. The number of carbonyl (C=O) groups excluding carboxylic acids is 1. The molecule has 0 spiro atoms. The largest absolute Gasteiger partial charge is 0.489 e. The van der Waals surface area contributed by atoms with E-state index in [-0.39, 0.29) is 18.6 Å². The molecule has 4 nitrogen and oxygen atoms in total. The van der Waals surface area contributed by atoms with Crippen LogP contribution in [-0.2, 0) is 17.8 Å². The number of rotatable bonds is 10. The lowest BCUT2D eigenvalue weighted by atomic mass is 10.1. The number of nitrogens with one attached hydrogen (secondary N) is 1. The van der Waals surface area contributed by atoms with Gasteiger partial charge in [-0.2, -0.15) is 0 Å². The van der Waals surface area contributed by atoms with Gasteiger partial charge < -0.3 is 14.8 Å². The molecule has 0 saturated carbocycles. The Balaban J connectivity index is 1.36. The van der Waals surface area contributed by atoms with Gasteiger partial charge in [-0.1, -0.05) is 60.7 Å².